The fraction of sp³-hybridized carbons (Fsp3) is 0.385. The van der Waals surface area contributed by atoms with Crippen molar-refractivity contribution >= 4 is 35.0 Å². The van der Waals surface area contributed by atoms with Gasteiger partial charge in [0.1, 0.15) is 10.8 Å². The van der Waals surface area contributed by atoms with Crippen LogP contribution in [0.25, 0.3) is 0 Å². The summed E-state index contributed by atoms with van der Waals surface area (Å²) in [5.41, 5.74) is 5.00. The van der Waals surface area contributed by atoms with Gasteiger partial charge in [-0.15, -0.1) is 0 Å². The maximum Gasteiger partial charge on any atom is 0.260 e. The van der Waals surface area contributed by atoms with E-state index in [-0.39, 0.29) is 17.4 Å². The summed E-state index contributed by atoms with van der Waals surface area (Å²) in [6.45, 7) is 1.96. The van der Waals surface area contributed by atoms with E-state index >= 15 is 0 Å². The molecule has 0 bridgehead atoms. The predicted molar refractivity (Wildman–Crippen MR) is 78.0 cm³/mol. The number of carbonyl (C=O) groups is 2. The fourth-order valence-electron chi connectivity index (χ4n) is 1.44. The zero-order valence-corrected chi connectivity index (χ0v) is 12.5. The van der Waals surface area contributed by atoms with E-state index in [1.807, 2.05) is 0 Å². The zero-order valence-electron chi connectivity index (χ0n) is 11.0. The molecule has 2 amide bonds. The SMILES string of the molecule is CC(Oc1cccc(Cl)c1Cl)C(=O)NCCCC(N)=O. The van der Waals surface area contributed by atoms with Gasteiger partial charge in [0, 0.05) is 13.0 Å². The van der Waals surface area contributed by atoms with E-state index in [9.17, 15) is 9.59 Å². The Labute approximate surface area is 127 Å². The number of primary amides is 1. The molecule has 0 aliphatic carbocycles. The van der Waals surface area contributed by atoms with Gasteiger partial charge in [-0.05, 0) is 25.5 Å². The van der Waals surface area contributed by atoms with Crippen molar-refractivity contribution in [3.63, 3.8) is 0 Å². The fourth-order valence-corrected chi connectivity index (χ4v) is 1.77. The molecule has 1 unspecified atom stereocenters. The first-order valence-corrected chi connectivity index (χ1v) is 6.84. The van der Waals surface area contributed by atoms with Crippen molar-refractivity contribution in [2.24, 2.45) is 5.73 Å². The molecular formula is C13H16Cl2N2O3. The van der Waals surface area contributed by atoms with Crippen molar-refractivity contribution in [3.05, 3.63) is 28.2 Å². The van der Waals surface area contributed by atoms with Crippen LogP contribution in [0.2, 0.25) is 10.0 Å². The molecule has 0 spiro atoms. The number of benzene rings is 1. The van der Waals surface area contributed by atoms with E-state index in [1.165, 1.54) is 0 Å². The average molecular weight is 319 g/mol. The summed E-state index contributed by atoms with van der Waals surface area (Å²) in [5.74, 6) is -0.348. The molecule has 0 aliphatic heterocycles. The van der Waals surface area contributed by atoms with Crippen LogP contribution < -0.4 is 15.8 Å². The first-order valence-electron chi connectivity index (χ1n) is 6.08. The molecule has 5 nitrogen and oxygen atoms in total. The van der Waals surface area contributed by atoms with Gasteiger partial charge < -0.3 is 15.8 Å². The molecule has 7 heteroatoms. The highest BCUT2D eigenvalue weighted by Crippen LogP contribution is 2.31. The Morgan fingerprint density at radius 2 is 2.10 bits per heavy atom. The van der Waals surface area contributed by atoms with Gasteiger partial charge in [-0.2, -0.15) is 0 Å². The maximum absolute atomic E-state index is 11.8. The Kier molecular flexibility index (Phi) is 6.61. The number of hydrogen-bond acceptors (Lipinski definition) is 3. The van der Waals surface area contributed by atoms with Crippen molar-refractivity contribution < 1.29 is 14.3 Å². The van der Waals surface area contributed by atoms with Crippen molar-refractivity contribution in [3.8, 4) is 5.75 Å². The Morgan fingerprint density at radius 3 is 2.75 bits per heavy atom. The van der Waals surface area contributed by atoms with Gasteiger partial charge in [-0.3, -0.25) is 9.59 Å². The van der Waals surface area contributed by atoms with Crippen LogP contribution in [0, 0.1) is 0 Å². The molecule has 1 aromatic carbocycles. The molecule has 1 rings (SSSR count). The van der Waals surface area contributed by atoms with Crippen molar-refractivity contribution in [1.29, 1.82) is 0 Å². The van der Waals surface area contributed by atoms with Crippen molar-refractivity contribution in [2.45, 2.75) is 25.9 Å². The highest BCUT2D eigenvalue weighted by Gasteiger charge is 2.16. The van der Waals surface area contributed by atoms with Gasteiger partial charge >= 0.3 is 0 Å². The number of carbonyl (C=O) groups excluding carboxylic acids is 2. The second-order valence-electron chi connectivity index (χ2n) is 4.17. The third-order valence-electron chi connectivity index (χ3n) is 2.49. The minimum atomic E-state index is -0.723. The van der Waals surface area contributed by atoms with Crippen LogP contribution >= 0.6 is 23.2 Å². The number of ether oxygens (including phenoxy) is 1. The molecule has 110 valence electrons. The zero-order chi connectivity index (χ0) is 15.1. The minimum absolute atomic E-state index is 0.232. The quantitative estimate of drug-likeness (QED) is 0.756. The molecule has 0 heterocycles. The molecule has 0 saturated carbocycles. The summed E-state index contributed by atoms with van der Waals surface area (Å²) < 4.78 is 5.45. The standard InChI is InChI=1S/C13H16Cl2N2O3/c1-8(13(19)17-7-3-6-11(16)18)20-10-5-2-4-9(14)12(10)15/h2,4-5,8H,3,6-7H2,1H3,(H2,16,18)(H,17,19). The summed E-state index contributed by atoms with van der Waals surface area (Å²) in [4.78, 5) is 22.3. The largest absolute Gasteiger partial charge is 0.479 e. The smallest absolute Gasteiger partial charge is 0.260 e. The summed E-state index contributed by atoms with van der Waals surface area (Å²) in [6.07, 6.45) is 0.000922. The van der Waals surface area contributed by atoms with E-state index in [0.717, 1.165) is 0 Å². The highest BCUT2D eigenvalue weighted by molar-refractivity contribution is 6.42. The topological polar surface area (TPSA) is 81.4 Å². The van der Waals surface area contributed by atoms with Crippen LogP contribution in [0.5, 0.6) is 5.75 Å². The van der Waals surface area contributed by atoms with Crippen LogP contribution in [-0.4, -0.2) is 24.5 Å². The number of halogens is 2. The summed E-state index contributed by atoms with van der Waals surface area (Å²) >= 11 is 11.8. The van der Waals surface area contributed by atoms with E-state index in [4.69, 9.17) is 33.7 Å². The molecule has 0 fully saturated rings. The summed E-state index contributed by atoms with van der Waals surface area (Å²) in [5, 5.41) is 3.27. The van der Waals surface area contributed by atoms with Crippen LogP contribution in [0.15, 0.2) is 18.2 Å². The van der Waals surface area contributed by atoms with E-state index in [2.05, 4.69) is 5.32 Å². The summed E-state index contributed by atoms with van der Waals surface area (Å²) in [7, 11) is 0. The van der Waals surface area contributed by atoms with E-state index in [0.29, 0.717) is 23.7 Å². The second-order valence-corrected chi connectivity index (χ2v) is 4.96. The first-order chi connectivity index (χ1) is 9.41. The Balaban J connectivity index is 2.45. The number of rotatable bonds is 7. The molecule has 20 heavy (non-hydrogen) atoms. The van der Waals surface area contributed by atoms with Crippen LogP contribution in [0.3, 0.4) is 0 Å². The first kappa shape index (κ1) is 16.6. The van der Waals surface area contributed by atoms with Crippen LogP contribution in [0.4, 0.5) is 0 Å². The molecule has 1 atom stereocenters. The Morgan fingerprint density at radius 1 is 1.40 bits per heavy atom. The van der Waals surface area contributed by atoms with Crippen molar-refractivity contribution in [2.75, 3.05) is 6.54 Å². The lowest BCUT2D eigenvalue weighted by Gasteiger charge is -2.15. The lowest BCUT2D eigenvalue weighted by molar-refractivity contribution is -0.127. The third kappa shape index (κ3) is 5.27. The molecule has 0 aliphatic rings. The number of nitrogens with one attached hydrogen (secondary N) is 1. The molecule has 1 aromatic rings. The normalized spacial score (nSPS) is 11.8. The lowest BCUT2D eigenvalue weighted by Crippen LogP contribution is -2.37. The van der Waals surface area contributed by atoms with E-state index in [1.54, 1.807) is 25.1 Å². The number of hydrogen-bond donors (Lipinski definition) is 2. The van der Waals surface area contributed by atoms with Gasteiger partial charge in [0.15, 0.2) is 6.10 Å². The van der Waals surface area contributed by atoms with Gasteiger partial charge in [0.05, 0.1) is 5.02 Å². The van der Waals surface area contributed by atoms with Gasteiger partial charge in [-0.25, -0.2) is 0 Å². The van der Waals surface area contributed by atoms with E-state index < -0.39 is 12.0 Å². The maximum atomic E-state index is 11.8. The van der Waals surface area contributed by atoms with Crippen molar-refractivity contribution in [1.82, 2.24) is 5.32 Å². The van der Waals surface area contributed by atoms with Gasteiger partial charge in [0.25, 0.3) is 5.91 Å². The second kappa shape index (κ2) is 7.97. The summed E-state index contributed by atoms with van der Waals surface area (Å²) in [6, 6.07) is 4.94. The van der Waals surface area contributed by atoms with Crippen LogP contribution in [-0.2, 0) is 9.59 Å². The number of nitrogens with two attached hydrogens (primary N) is 1. The van der Waals surface area contributed by atoms with Gasteiger partial charge in [0.2, 0.25) is 5.91 Å². The lowest BCUT2D eigenvalue weighted by atomic mass is 10.3. The monoisotopic (exact) mass is 318 g/mol. The average Bonchev–Trinajstić information content (AvgIpc) is 2.39. The predicted octanol–water partition coefficient (Wildman–Crippen LogP) is 2.14. The minimum Gasteiger partial charge on any atom is -0.479 e. The highest BCUT2D eigenvalue weighted by atomic mass is 35.5. The molecule has 0 radical (unpaired) electrons. The number of amides is 2. The molecule has 0 aromatic heterocycles. The molecule has 3 N–H and O–H groups in total. The van der Waals surface area contributed by atoms with Crippen LogP contribution in [0.1, 0.15) is 19.8 Å². The Hall–Kier alpha value is -1.46. The molecular weight excluding hydrogens is 303 g/mol. The van der Waals surface area contributed by atoms with Gasteiger partial charge in [-0.1, -0.05) is 29.3 Å². The molecule has 0 saturated heterocycles. The third-order valence-corrected chi connectivity index (χ3v) is 3.29. The Bertz CT molecular complexity index is 495.